The van der Waals surface area contributed by atoms with Gasteiger partial charge in [-0.2, -0.15) is 0 Å². The van der Waals surface area contributed by atoms with Gasteiger partial charge in [0.1, 0.15) is 0 Å². The van der Waals surface area contributed by atoms with Gasteiger partial charge < -0.3 is 15.5 Å². The Bertz CT molecular complexity index is 448. The highest BCUT2D eigenvalue weighted by atomic mass is 35.5. The number of hydrogen-bond donors (Lipinski definition) is 1. The van der Waals surface area contributed by atoms with E-state index in [1.54, 1.807) is 0 Å². The van der Waals surface area contributed by atoms with Crippen molar-refractivity contribution in [2.24, 2.45) is 5.73 Å². The second kappa shape index (κ2) is 8.57. The lowest BCUT2D eigenvalue weighted by Gasteiger charge is -2.36. The molecule has 2 N–H and O–H groups in total. The molecule has 0 unspecified atom stereocenters. The van der Waals surface area contributed by atoms with E-state index in [2.05, 4.69) is 11.8 Å². The van der Waals surface area contributed by atoms with Crippen LogP contribution in [0.4, 0.5) is 5.69 Å². The third-order valence-electron chi connectivity index (χ3n) is 3.32. The Hall–Kier alpha value is -0.680. The molecule has 1 aliphatic rings. The van der Waals surface area contributed by atoms with Gasteiger partial charge in [-0.25, -0.2) is 0 Å². The normalized spacial score (nSPS) is 14.3. The van der Waals surface area contributed by atoms with E-state index in [-0.39, 0.29) is 37.3 Å². The largest absolute Gasteiger partial charge is 0.368 e. The van der Waals surface area contributed by atoms with Crippen LogP contribution in [-0.4, -0.2) is 43.5 Å². The van der Waals surface area contributed by atoms with Crippen molar-refractivity contribution in [3.05, 3.63) is 28.8 Å². The van der Waals surface area contributed by atoms with E-state index in [0.29, 0.717) is 0 Å². The van der Waals surface area contributed by atoms with Gasteiger partial charge in [0.2, 0.25) is 5.91 Å². The lowest BCUT2D eigenvalue weighted by atomic mass is 10.1. The van der Waals surface area contributed by atoms with E-state index in [1.165, 1.54) is 5.56 Å². The molecule has 4 nitrogen and oxygen atoms in total. The van der Waals surface area contributed by atoms with Gasteiger partial charge in [0.15, 0.2) is 0 Å². The maximum atomic E-state index is 11.5. The van der Waals surface area contributed by atoms with Crippen molar-refractivity contribution in [2.75, 3.05) is 37.6 Å². The summed E-state index contributed by atoms with van der Waals surface area (Å²) in [6, 6.07) is 5.90. The maximum absolute atomic E-state index is 11.5. The Kier molecular flexibility index (Phi) is 8.28. The number of anilines is 1. The van der Waals surface area contributed by atoms with Gasteiger partial charge in [0, 0.05) is 36.9 Å². The molecule has 1 aliphatic heterocycles. The van der Waals surface area contributed by atoms with Crippen molar-refractivity contribution in [3.63, 3.8) is 0 Å². The molecule has 114 valence electrons. The summed E-state index contributed by atoms with van der Waals surface area (Å²) in [7, 11) is 0. The minimum Gasteiger partial charge on any atom is -0.368 e. The van der Waals surface area contributed by atoms with Crippen LogP contribution in [0.25, 0.3) is 0 Å². The van der Waals surface area contributed by atoms with Crippen LogP contribution in [0.5, 0.6) is 0 Å². The van der Waals surface area contributed by atoms with Crippen molar-refractivity contribution >= 4 is 48.0 Å². The first kappa shape index (κ1) is 19.3. The molecule has 1 heterocycles. The van der Waals surface area contributed by atoms with Crippen molar-refractivity contribution in [3.8, 4) is 0 Å². The molecule has 1 aromatic carbocycles. The zero-order valence-corrected chi connectivity index (χ0v) is 13.7. The van der Waals surface area contributed by atoms with Gasteiger partial charge >= 0.3 is 0 Å². The first-order chi connectivity index (χ1) is 8.61. The molecule has 1 fully saturated rings. The third kappa shape index (κ3) is 4.42. The van der Waals surface area contributed by atoms with Crippen LogP contribution >= 0.6 is 36.4 Å². The molecule has 1 saturated heterocycles. The van der Waals surface area contributed by atoms with Crippen LogP contribution < -0.4 is 10.6 Å². The predicted octanol–water partition coefficient (Wildman–Crippen LogP) is 2.10. The summed E-state index contributed by atoms with van der Waals surface area (Å²) in [6.45, 7) is 5.27. The van der Waals surface area contributed by atoms with E-state index < -0.39 is 0 Å². The molecule has 0 saturated carbocycles. The van der Waals surface area contributed by atoms with E-state index >= 15 is 0 Å². The lowest BCUT2D eigenvalue weighted by molar-refractivity contribution is -0.129. The van der Waals surface area contributed by atoms with Crippen LogP contribution in [0, 0.1) is 6.92 Å². The Morgan fingerprint density at radius 1 is 1.25 bits per heavy atom. The van der Waals surface area contributed by atoms with Crippen LogP contribution in [0.15, 0.2) is 18.2 Å². The van der Waals surface area contributed by atoms with E-state index in [9.17, 15) is 4.79 Å². The summed E-state index contributed by atoms with van der Waals surface area (Å²) >= 11 is 6.03. The Labute approximate surface area is 137 Å². The maximum Gasteiger partial charge on any atom is 0.236 e. The number of aryl methyl sites for hydroxylation is 1. The first-order valence-corrected chi connectivity index (χ1v) is 6.48. The van der Waals surface area contributed by atoms with E-state index in [1.807, 2.05) is 23.1 Å². The minimum absolute atomic E-state index is 0. The monoisotopic (exact) mass is 339 g/mol. The van der Waals surface area contributed by atoms with Crippen molar-refractivity contribution < 1.29 is 4.79 Å². The molecule has 0 aromatic heterocycles. The molecule has 0 aliphatic carbocycles. The average molecular weight is 341 g/mol. The van der Waals surface area contributed by atoms with E-state index in [0.717, 1.165) is 36.9 Å². The zero-order chi connectivity index (χ0) is 13.1. The van der Waals surface area contributed by atoms with Crippen LogP contribution in [-0.2, 0) is 4.79 Å². The quantitative estimate of drug-likeness (QED) is 0.897. The van der Waals surface area contributed by atoms with Crippen molar-refractivity contribution in [1.82, 2.24) is 4.90 Å². The molecular formula is C13H20Cl3N3O. The fraction of sp³-hybridized carbons (Fsp3) is 0.462. The standard InChI is InChI=1S/C13H18ClN3O.2ClH/c1-10-2-3-11(14)8-12(10)16-4-6-17(7-5-16)13(18)9-15;;/h2-3,8H,4-7,9,15H2,1H3;2*1H. The summed E-state index contributed by atoms with van der Waals surface area (Å²) in [4.78, 5) is 15.6. The van der Waals surface area contributed by atoms with Gasteiger partial charge in [0.25, 0.3) is 0 Å². The molecule has 1 aromatic rings. The fourth-order valence-electron chi connectivity index (χ4n) is 2.25. The van der Waals surface area contributed by atoms with Gasteiger partial charge in [-0.15, -0.1) is 24.8 Å². The summed E-state index contributed by atoms with van der Waals surface area (Å²) in [5.41, 5.74) is 7.73. The fourth-order valence-corrected chi connectivity index (χ4v) is 2.42. The lowest BCUT2D eigenvalue weighted by Crippen LogP contribution is -2.50. The van der Waals surface area contributed by atoms with Crippen LogP contribution in [0.2, 0.25) is 5.02 Å². The van der Waals surface area contributed by atoms with Gasteiger partial charge in [-0.1, -0.05) is 17.7 Å². The Balaban J connectivity index is 0.00000180. The van der Waals surface area contributed by atoms with Crippen molar-refractivity contribution in [2.45, 2.75) is 6.92 Å². The van der Waals surface area contributed by atoms with Crippen LogP contribution in [0.1, 0.15) is 5.56 Å². The van der Waals surface area contributed by atoms with Gasteiger partial charge in [-0.3, -0.25) is 4.79 Å². The smallest absolute Gasteiger partial charge is 0.236 e. The number of halogens is 3. The second-order valence-corrected chi connectivity index (χ2v) is 4.94. The van der Waals surface area contributed by atoms with Crippen LogP contribution in [0.3, 0.4) is 0 Å². The molecule has 0 atom stereocenters. The number of carbonyl (C=O) groups excluding carboxylic acids is 1. The third-order valence-corrected chi connectivity index (χ3v) is 3.55. The number of amides is 1. The predicted molar refractivity (Wildman–Crippen MR) is 88.5 cm³/mol. The van der Waals surface area contributed by atoms with E-state index in [4.69, 9.17) is 17.3 Å². The SMILES string of the molecule is Cc1ccc(Cl)cc1N1CCN(C(=O)CN)CC1.Cl.Cl. The number of rotatable bonds is 2. The minimum atomic E-state index is 0. The Morgan fingerprint density at radius 2 is 1.85 bits per heavy atom. The first-order valence-electron chi connectivity index (χ1n) is 6.11. The van der Waals surface area contributed by atoms with Gasteiger partial charge in [0.05, 0.1) is 6.54 Å². The molecule has 20 heavy (non-hydrogen) atoms. The molecule has 7 heteroatoms. The number of nitrogens with two attached hydrogens (primary N) is 1. The summed E-state index contributed by atoms with van der Waals surface area (Å²) in [6.07, 6.45) is 0. The molecule has 0 bridgehead atoms. The highest BCUT2D eigenvalue weighted by Gasteiger charge is 2.21. The zero-order valence-electron chi connectivity index (χ0n) is 11.3. The molecule has 0 spiro atoms. The topological polar surface area (TPSA) is 49.6 Å². The molecule has 1 amide bonds. The Morgan fingerprint density at radius 3 is 2.40 bits per heavy atom. The summed E-state index contributed by atoms with van der Waals surface area (Å²) < 4.78 is 0. The van der Waals surface area contributed by atoms with Gasteiger partial charge in [-0.05, 0) is 24.6 Å². The van der Waals surface area contributed by atoms with Crippen molar-refractivity contribution in [1.29, 1.82) is 0 Å². The number of piperazine rings is 1. The number of nitrogens with zero attached hydrogens (tertiary/aromatic N) is 2. The number of hydrogen-bond acceptors (Lipinski definition) is 3. The second-order valence-electron chi connectivity index (χ2n) is 4.50. The summed E-state index contributed by atoms with van der Waals surface area (Å²) in [5.74, 6) is 0.0254. The molecule has 0 radical (unpaired) electrons. The molecule has 2 rings (SSSR count). The highest BCUT2D eigenvalue weighted by molar-refractivity contribution is 6.30. The summed E-state index contributed by atoms with van der Waals surface area (Å²) in [5, 5.41) is 0.746. The molecular weight excluding hydrogens is 321 g/mol. The average Bonchev–Trinajstić information content (AvgIpc) is 2.41. The number of carbonyl (C=O) groups is 1. The highest BCUT2D eigenvalue weighted by Crippen LogP contribution is 2.25. The number of benzene rings is 1.